The van der Waals surface area contributed by atoms with Crippen molar-refractivity contribution < 1.29 is 0 Å². The largest absolute Gasteiger partial charge is 0.359 e. The molecule has 4 heteroatoms. The summed E-state index contributed by atoms with van der Waals surface area (Å²) in [5, 5.41) is 0. The molecule has 2 aromatic rings. The van der Waals surface area contributed by atoms with Gasteiger partial charge in [-0.1, -0.05) is 0 Å². The van der Waals surface area contributed by atoms with Crippen LogP contribution in [0.15, 0.2) is 36.8 Å². The van der Waals surface area contributed by atoms with Gasteiger partial charge in [0, 0.05) is 44.3 Å². The van der Waals surface area contributed by atoms with E-state index in [1.54, 1.807) is 0 Å². The van der Waals surface area contributed by atoms with Crippen molar-refractivity contribution in [2.45, 2.75) is 19.9 Å². The lowest BCUT2D eigenvalue weighted by Crippen LogP contribution is -2.24. The highest BCUT2D eigenvalue weighted by Gasteiger charge is 2.10. The van der Waals surface area contributed by atoms with Crippen LogP contribution < -0.4 is 10.6 Å². The third-order valence-corrected chi connectivity index (χ3v) is 3.32. The smallest absolute Gasteiger partial charge is 0.133 e. The Bertz CT molecular complexity index is 525. The highest BCUT2D eigenvalue weighted by molar-refractivity contribution is 5.49. The van der Waals surface area contributed by atoms with Gasteiger partial charge in [-0.3, -0.25) is 4.98 Å². The van der Waals surface area contributed by atoms with Crippen LogP contribution in [0.1, 0.15) is 16.7 Å². The van der Waals surface area contributed by atoms with Crippen LogP contribution in [0.5, 0.6) is 0 Å². The second kappa shape index (κ2) is 6.29. The van der Waals surface area contributed by atoms with E-state index in [2.05, 4.69) is 28.8 Å². The summed E-state index contributed by atoms with van der Waals surface area (Å²) in [5.74, 6) is 0.983. The number of aryl methyl sites for hydroxylation is 1. The van der Waals surface area contributed by atoms with Gasteiger partial charge in [0.1, 0.15) is 5.82 Å². The van der Waals surface area contributed by atoms with Crippen LogP contribution in [0.3, 0.4) is 0 Å². The number of nitrogens with two attached hydrogens (primary N) is 1. The average molecular weight is 256 g/mol. The van der Waals surface area contributed by atoms with E-state index in [1.807, 2.05) is 36.8 Å². The van der Waals surface area contributed by atoms with Gasteiger partial charge in [-0.15, -0.1) is 0 Å². The van der Waals surface area contributed by atoms with Crippen LogP contribution in [-0.2, 0) is 13.0 Å². The number of aromatic nitrogens is 2. The Labute approximate surface area is 114 Å². The van der Waals surface area contributed by atoms with Gasteiger partial charge >= 0.3 is 0 Å². The molecule has 0 aliphatic heterocycles. The standard InChI is InChI=1S/C15H20N4/c1-12-3-9-18-15(14(12)11-16)19(2)10-6-13-4-7-17-8-5-13/h3-5,7-9H,6,10-11,16H2,1-2H3. The summed E-state index contributed by atoms with van der Waals surface area (Å²) in [7, 11) is 2.06. The summed E-state index contributed by atoms with van der Waals surface area (Å²) in [6, 6.07) is 6.09. The monoisotopic (exact) mass is 256 g/mol. The normalized spacial score (nSPS) is 10.5. The van der Waals surface area contributed by atoms with Gasteiger partial charge in [0.15, 0.2) is 0 Å². The zero-order chi connectivity index (χ0) is 13.7. The van der Waals surface area contributed by atoms with Crippen LogP contribution in [0.25, 0.3) is 0 Å². The Hall–Kier alpha value is -1.94. The first-order valence-electron chi connectivity index (χ1n) is 6.47. The summed E-state index contributed by atoms with van der Waals surface area (Å²) < 4.78 is 0. The maximum Gasteiger partial charge on any atom is 0.133 e. The fourth-order valence-corrected chi connectivity index (χ4v) is 2.11. The molecule has 100 valence electrons. The number of hydrogen-bond acceptors (Lipinski definition) is 4. The van der Waals surface area contributed by atoms with Gasteiger partial charge in [0.25, 0.3) is 0 Å². The van der Waals surface area contributed by atoms with Gasteiger partial charge < -0.3 is 10.6 Å². The van der Waals surface area contributed by atoms with E-state index in [0.717, 1.165) is 24.3 Å². The molecule has 2 heterocycles. The Morgan fingerprint density at radius 3 is 2.58 bits per heavy atom. The number of likely N-dealkylation sites (N-methyl/N-ethyl adjacent to an activating group) is 1. The predicted octanol–water partition coefficient (Wildman–Crippen LogP) is 1.92. The average Bonchev–Trinajstić information content (AvgIpc) is 2.45. The summed E-state index contributed by atoms with van der Waals surface area (Å²) >= 11 is 0. The molecule has 0 bridgehead atoms. The highest BCUT2D eigenvalue weighted by Crippen LogP contribution is 2.19. The molecule has 4 nitrogen and oxygen atoms in total. The fourth-order valence-electron chi connectivity index (χ4n) is 2.11. The van der Waals surface area contributed by atoms with E-state index >= 15 is 0 Å². The van der Waals surface area contributed by atoms with Gasteiger partial charge in [-0.2, -0.15) is 0 Å². The molecular weight excluding hydrogens is 236 g/mol. The van der Waals surface area contributed by atoms with Crippen molar-refractivity contribution in [1.29, 1.82) is 0 Å². The minimum atomic E-state index is 0.522. The Morgan fingerprint density at radius 1 is 1.16 bits per heavy atom. The van der Waals surface area contributed by atoms with Gasteiger partial charge in [-0.25, -0.2) is 4.98 Å². The number of rotatable bonds is 5. The molecule has 0 aliphatic rings. The van der Waals surface area contributed by atoms with Crippen molar-refractivity contribution in [3.05, 3.63) is 53.5 Å². The third-order valence-electron chi connectivity index (χ3n) is 3.32. The molecule has 0 amide bonds. The van der Waals surface area contributed by atoms with Crippen LogP contribution in [0.2, 0.25) is 0 Å². The Kier molecular flexibility index (Phi) is 4.47. The molecule has 0 aromatic carbocycles. The lowest BCUT2D eigenvalue weighted by atomic mass is 10.1. The first kappa shape index (κ1) is 13.5. The molecule has 2 aromatic heterocycles. The third kappa shape index (κ3) is 3.29. The zero-order valence-corrected chi connectivity index (χ0v) is 11.5. The first-order chi connectivity index (χ1) is 9.22. The molecule has 0 fully saturated rings. The van der Waals surface area contributed by atoms with Gasteiger partial charge in [0.05, 0.1) is 0 Å². The van der Waals surface area contributed by atoms with Crippen molar-refractivity contribution >= 4 is 5.82 Å². The van der Waals surface area contributed by atoms with E-state index in [0.29, 0.717) is 6.54 Å². The highest BCUT2D eigenvalue weighted by atomic mass is 15.2. The second-order valence-corrected chi connectivity index (χ2v) is 4.66. The van der Waals surface area contributed by atoms with Crippen molar-refractivity contribution in [3.63, 3.8) is 0 Å². The summed E-state index contributed by atoms with van der Waals surface area (Å²) in [5.41, 5.74) is 9.43. The SMILES string of the molecule is Cc1ccnc(N(C)CCc2ccncc2)c1CN. The van der Waals surface area contributed by atoms with Crippen LogP contribution in [-0.4, -0.2) is 23.6 Å². The molecule has 0 radical (unpaired) electrons. The topological polar surface area (TPSA) is 55.0 Å². The molecule has 0 unspecified atom stereocenters. The van der Waals surface area contributed by atoms with E-state index < -0.39 is 0 Å². The number of pyridine rings is 2. The zero-order valence-electron chi connectivity index (χ0n) is 11.5. The maximum atomic E-state index is 5.82. The van der Waals surface area contributed by atoms with E-state index in [9.17, 15) is 0 Å². The predicted molar refractivity (Wildman–Crippen MR) is 78.1 cm³/mol. The molecule has 2 rings (SSSR count). The lowest BCUT2D eigenvalue weighted by molar-refractivity contribution is 0.842. The number of hydrogen-bond donors (Lipinski definition) is 1. The Morgan fingerprint density at radius 2 is 1.89 bits per heavy atom. The summed E-state index contributed by atoms with van der Waals surface area (Å²) in [6.45, 7) is 3.51. The van der Waals surface area contributed by atoms with Crippen molar-refractivity contribution in [2.75, 3.05) is 18.5 Å². The number of nitrogens with zero attached hydrogens (tertiary/aromatic N) is 3. The molecule has 0 atom stereocenters. The molecule has 0 saturated carbocycles. The van der Waals surface area contributed by atoms with Gasteiger partial charge in [-0.05, 0) is 42.7 Å². The molecule has 19 heavy (non-hydrogen) atoms. The van der Waals surface area contributed by atoms with E-state index in [1.165, 1.54) is 11.1 Å². The summed E-state index contributed by atoms with van der Waals surface area (Å²) in [4.78, 5) is 10.6. The maximum absolute atomic E-state index is 5.82. The summed E-state index contributed by atoms with van der Waals surface area (Å²) in [6.07, 6.45) is 6.46. The number of anilines is 1. The Balaban J connectivity index is 2.08. The quantitative estimate of drug-likeness (QED) is 0.888. The minimum Gasteiger partial charge on any atom is -0.359 e. The van der Waals surface area contributed by atoms with Crippen LogP contribution in [0, 0.1) is 6.92 Å². The molecule has 0 aliphatic carbocycles. The second-order valence-electron chi connectivity index (χ2n) is 4.66. The molecule has 0 spiro atoms. The van der Waals surface area contributed by atoms with Crippen LogP contribution in [0.4, 0.5) is 5.82 Å². The van der Waals surface area contributed by atoms with Crippen molar-refractivity contribution in [3.8, 4) is 0 Å². The molecule has 2 N–H and O–H groups in total. The molecule has 0 saturated heterocycles. The lowest BCUT2D eigenvalue weighted by Gasteiger charge is -2.21. The first-order valence-corrected chi connectivity index (χ1v) is 6.47. The van der Waals surface area contributed by atoms with Crippen LogP contribution >= 0.6 is 0 Å². The van der Waals surface area contributed by atoms with E-state index in [4.69, 9.17) is 5.73 Å². The van der Waals surface area contributed by atoms with Crippen molar-refractivity contribution in [2.24, 2.45) is 5.73 Å². The molecular formula is C15H20N4. The van der Waals surface area contributed by atoms with E-state index in [-0.39, 0.29) is 0 Å². The minimum absolute atomic E-state index is 0.522. The fraction of sp³-hybridized carbons (Fsp3) is 0.333. The van der Waals surface area contributed by atoms with Gasteiger partial charge in [0.2, 0.25) is 0 Å². The van der Waals surface area contributed by atoms with Crippen molar-refractivity contribution in [1.82, 2.24) is 9.97 Å².